The number of hydrazone groups is 1. The number of anilines is 1. The Morgan fingerprint density at radius 1 is 1.04 bits per heavy atom. The molecule has 6 nitrogen and oxygen atoms in total. The molecule has 7 heteroatoms. The molecule has 0 radical (unpaired) electrons. The van der Waals surface area contributed by atoms with Crippen molar-refractivity contribution in [1.29, 1.82) is 0 Å². The summed E-state index contributed by atoms with van der Waals surface area (Å²) >= 11 is 3.41. The molecule has 3 aromatic rings. The zero-order valence-electron chi connectivity index (χ0n) is 13.7. The van der Waals surface area contributed by atoms with Crippen LogP contribution in [0.2, 0.25) is 0 Å². The van der Waals surface area contributed by atoms with Gasteiger partial charge in [-0.25, -0.2) is 9.67 Å². The minimum Gasteiger partial charge on any atom is -0.261 e. The van der Waals surface area contributed by atoms with Crippen LogP contribution < -0.4 is 5.43 Å². The summed E-state index contributed by atoms with van der Waals surface area (Å²) in [7, 11) is 0. The molecular weight excluding hydrogens is 368 g/mol. The maximum Gasteiger partial charge on any atom is 0.253 e. The molecule has 122 valence electrons. The van der Waals surface area contributed by atoms with Crippen LogP contribution in [0.25, 0.3) is 5.95 Å². The number of nitrogens with zero attached hydrogens (tertiary/aromatic N) is 5. The van der Waals surface area contributed by atoms with Crippen molar-refractivity contribution in [3.8, 4) is 5.95 Å². The SMILES string of the molecule is Cc1cc(NN=Cc2ccc(Br)cc2)nc(-n2nc(C)cc2C)n1. The third kappa shape index (κ3) is 3.86. The summed E-state index contributed by atoms with van der Waals surface area (Å²) in [6, 6.07) is 11.7. The second-order valence-electron chi connectivity index (χ2n) is 5.46. The molecule has 2 heterocycles. The normalized spacial score (nSPS) is 11.2. The van der Waals surface area contributed by atoms with Crippen molar-refractivity contribution in [2.45, 2.75) is 20.8 Å². The Morgan fingerprint density at radius 2 is 1.79 bits per heavy atom. The lowest BCUT2D eigenvalue weighted by atomic mass is 10.2. The van der Waals surface area contributed by atoms with E-state index in [1.807, 2.05) is 57.2 Å². The smallest absolute Gasteiger partial charge is 0.253 e. The van der Waals surface area contributed by atoms with E-state index in [0.717, 1.165) is 27.1 Å². The van der Waals surface area contributed by atoms with E-state index in [9.17, 15) is 0 Å². The van der Waals surface area contributed by atoms with Crippen LogP contribution in [0.3, 0.4) is 0 Å². The first-order chi connectivity index (χ1) is 11.5. The molecule has 0 saturated carbocycles. The van der Waals surface area contributed by atoms with Crippen LogP contribution in [-0.4, -0.2) is 26.0 Å². The summed E-state index contributed by atoms with van der Waals surface area (Å²) in [4.78, 5) is 8.93. The zero-order chi connectivity index (χ0) is 17.1. The van der Waals surface area contributed by atoms with Gasteiger partial charge in [-0.1, -0.05) is 28.1 Å². The number of aryl methyl sites for hydroxylation is 3. The zero-order valence-corrected chi connectivity index (χ0v) is 15.2. The van der Waals surface area contributed by atoms with Crippen molar-refractivity contribution < 1.29 is 0 Å². The van der Waals surface area contributed by atoms with Crippen molar-refractivity contribution in [3.05, 3.63) is 63.5 Å². The van der Waals surface area contributed by atoms with E-state index >= 15 is 0 Å². The summed E-state index contributed by atoms with van der Waals surface area (Å²) in [5, 5.41) is 8.65. The summed E-state index contributed by atoms with van der Waals surface area (Å²) < 4.78 is 2.76. The van der Waals surface area contributed by atoms with Crippen molar-refractivity contribution in [2.75, 3.05) is 5.43 Å². The third-order valence-corrected chi connectivity index (χ3v) is 3.83. The first-order valence-electron chi connectivity index (χ1n) is 7.45. The molecule has 1 aromatic carbocycles. The van der Waals surface area contributed by atoms with E-state index in [0.29, 0.717) is 11.8 Å². The lowest BCUT2D eigenvalue weighted by molar-refractivity contribution is 0.769. The molecule has 0 spiro atoms. The third-order valence-electron chi connectivity index (χ3n) is 3.30. The molecule has 0 fully saturated rings. The summed E-state index contributed by atoms with van der Waals surface area (Å²) in [6.45, 7) is 5.84. The van der Waals surface area contributed by atoms with Crippen LogP contribution in [0.1, 0.15) is 22.6 Å². The van der Waals surface area contributed by atoms with E-state index < -0.39 is 0 Å². The molecule has 24 heavy (non-hydrogen) atoms. The fourth-order valence-corrected chi connectivity index (χ4v) is 2.52. The maximum absolute atomic E-state index is 4.48. The lowest BCUT2D eigenvalue weighted by Crippen LogP contribution is -2.08. The highest BCUT2D eigenvalue weighted by atomic mass is 79.9. The number of hydrogen-bond acceptors (Lipinski definition) is 5. The average Bonchev–Trinajstić information content (AvgIpc) is 2.87. The van der Waals surface area contributed by atoms with Gasteiger partial charge >= 0.3 is 0 Å². The van der Waals surface area contributed by atoms with E-state index in [-0.39, 0.29) is 0 Å². The number of aromatic nitrogens is 4. The van der Waals surface area contributed by atoms with Gasteiger partial charge in [0.15, 0.2) is 5.82 Å². The molecule has 0 unspecified atom stereocenters. The monoisotopic (exact) mass is 384 g/mol. The predicted molar refractivity (Wildman–Crippen MR) is 98.7 cm³/mol. The van der Waals surface area contributed by atoms with E-state index in [2.05, 4.69) is 41.5 Å². The van der Waals surface area contributed by atoms with E-state index in [4.69, 9.17) is 0 Å². The van der Waals surface area contributed by atoms with Crippen LogP contribution in [0.4, 0.5) is 5.82 Å². The highest BCUT2D eigenvalue weighted by Gasteiger charge is 2.08. The largest absolute Gasteiger partial charge is 0.261 e. The molecule has 0 amide bonds. The molecule has 0 aliphatic heterocycles. The van der Waals surface area contributed by atoms with Crippen LogP contribution in [0, 0.1) is 20.8 Å². The van der Waals surface area contributed by atoms with Gasteiger partial charge in [0.05, 0.1) is 11.9 Å². The van der Waals surface area contributed by atoms with E-state index in [1.54, 1.807) is 10.9 Å². The Morgan fingerprint density at radius 3 is 2.46 bits per heavy atom. The van der Waals surface area contributed by atoms with Gasteiger partial charge in [0, 0.05) is 21.9 Å². The van der Waals surface area contributed by atoms with Gasteiger partial charge in [-0.3, -0.25) is 5.43 Å². The molecule has 2 aromatic heterocycles. The molecule has 1 N–H and O–H groups in total. The van der Waals surface area contributed by atoms with Crippen LogP contribution in [-0.2, 0) is 0 Å². The fourth-order valence-electron chi connectivity index (χ4n) is 2.26. The Hall–Kier alpha value is -2.54. The quantitative estimate of drug-likeness (QED) is 0.548. The highest BCUT2D eigenvalue weighted by molar-refractivity contribution is 9.10. The Bertz CT molecular complexity index is 883. The lowest BCUT2D eigenvalue weighted by Gasteiger charge is -2.06. The number of rotatable bonds is 4. The molecular formula is C17H17BrN6. The molecule has 0 atom stereocenters. The standard InChI is InChI=1S/C17H17BrN6/c1-11-9-16(22-19-10-14-4-6-15(18)7-5-14)21-17(20-11)24-13(3)8-12(2)23-24/h4-10H,1-3H3,(H,20,21,22). The summed E-state index contributed by atoms with van der Waals surface area (Å²) in [5.41, 5.74) is 6.71. The minimum atomic E-state index is 0.530. The van der Waals surface area contributed by atoms with Gasteiger partial charge in [-0.2, -0.15) is 15.2 Å². The second-order valence-corrected chi connectivity index (χ2v) is 6.37. The number of hydrogen-bond donors (Lipinski definition) is 1. The van der Waals surface area contributed by atoms with Gasteiger partial charge in [0.2, 0.25) is 0 Å². The molecule has 0 aliphatic rings. The highest BCUT2D eigenvalue weighted by Crippen LogP contribution is 2.13. The number of halogens is 1. The van der Waals surface area contributed by atoms with Crippen molar-refractivity contribution >= 4 is 28.0 Å². The predicted octanol–water partition coefficient (Wildman–Crippen LogP) is 3.80. The molecule has 0 bridgehead atoms. The Kier molecular flexibility index (Phi) is 4.71. The summed E-state index contributed by atoms with van der Waals surface area (Å²) in [5.74, 6) is 1.15. The van der Waals surface area contributed by atoms with Gasteiger partial charge in [0.25, 0.3) is 5.95 Å². The van der Waals surface area contributed by atoms with E-state index in [1.165, 1.54) is 0 Å². The van der Waals surface area contributed by atoms with Gasteiger partial charge < -0.3 is 0 Å². The van der Waals surface area contributed by atoms with Gasteiger partial charge in [0.1, 0.15) is 0 Å². The van der Waals surface area contributed by atoms with Gasteiger partial charge in [-0.15, -0.1) is 0 Å². The first kappa shape index (κ1) is 16.3. The molecule has 0 aliphatic carbocycles. The molecule has 3 rings (SSSR count). The average molecular weight is 385 g/mol. The number of benzene rings is 1. The molecule has 0 saturated heterocycles. The maximum atomic E-state index is 4.48. The van der Waals surface area contributed by atoms with Crippen molar-refractivity contribution in [2.24, 2.45) is 5.10 Å². The van der Waals surface area contributed by atoms with Gasteiger partial charge in [-0.05, 0) is 44.5 Å². The minimum absolute atomic E-state index is 0.530. The number of nitrogens with one attached hydrogen (secondary N) is 1. The first-order valence-corrected chi connectivity index (χ1v) is 8.24. The Balaban J connectivity index is 1.81. The second kappa shape index (κ2) is 6.92. The Labute approximate surface area is 148 Å². The van der Waals surface area contributed by atoms with Crippen LogP contribution in [0.5, 0.6) is 0 Å². The van der Waals surface area contributed by atoms with Crippen LogP contribution >= 0.6 is 15.9 Å². The van der Waals surface area contributed by atoms with Crippen LogP contribution in [0.15, 0.2) is 46.0 Å². The van der Waals surface area contributed by atoms with Crippen molar-refractivity contribution in [3.63, 3.8) is 0 Å². The summed E-state index contributed by atoms with van der Waals surface area (Å²) in [6.07, 6.45) is 1.74. The topological polar surface area (TPSA) is 68.0 Å². The fraction of sp³-hybridized carbons (Fsp3) is 0.176. The van der Waals surface area contributed by atoms with Crippen molar-refractivity contribution in [1.82, 2.24) is 19.7 Å².